The van der Waals surface area contributed by atoms with Gasteiger partial charge in [0.25, 0.3) is 5.92 Å². The van der Waals surface area contributed by atoms with Crippen LogP contribution in [-0.4, -0.2) is 16.1 Å². The minimum atomic E-state index is -2.48. The Kier molecular flexibility index (Phi) is 0.910. The van der Waals surface area contributed by atoms with E-state index in [1.807, 2.05) is 0 Å². The smallest absolute Gasteiger partial charge is 0.257 e. The van der Waals surface area contributed by atoms with Crippen molar-refractivity contribution in [3.8, 4) is 0 Å². The molecular weight excluding hydrogens is 138 g/mol. The van der Waals surface area contributed by atoms with Crippen LogP contribution < -0.4 is 0 Å². The highest BCUT2D eigenvalue weighted by Gasteiger charge is 2.58. The van der Waals surface area contributed by atoms with E-state index < -0.39 is 11.8 Å². The number of aromatic nitrogens is 2. The molecule has 0 spiro atoms. The van der Waals surface area contributed by atoms with Gasteiger partial charge in [0.2, 0.25) is 0 Å². The Morgan fingerprint density at radius 1 is 1.70 bits per heavy atom. The lowest BCUT2D eigenvalue weighted by Gasteiger charge is -1.90. The minimum absolute atomic E-state index is 0.0325. The van der Waals surface area contributed by atoms with Crippen LogP contribution in [0.3, 0.4) is 0 Å². The highest BCUT2D eigenvalue weighted by atomic mass is 19.3. The monoisotopic (exact) mass is 144 g/mol. The topological polar surface area (TPSA) is 28.7 Å². The third kappa shape index (κ3) is 0.716. The molecular formula is C6H6F2N2. The maximum Gasteiger partial charge on any atom is 0.257 e. The highest BCUT2D eigenvalue weighted by Crippen LogP contribution is 2.54. The first-order valence-electron chi connectivity index (χ1n) is 3.07. The summed E-state index contributed by atoms with van der Waals surface area (Å²) >= 11 is 0. The molecule has 4 heteroatoms. The van der Waals surface area contributed by atoms with Crippen molar-refractivity contribution in [1.29, 1.82) is 0 Å². The molecule has 2 rings (SSSR count). The summed E-state index contributed by atoms with van der Waals surface area (Å²) in [6, 6.07) is 1.59. The van der Waals surface area contributed by atoms with Crippen molar-refractivity contribution in [2.75, 3.05) is 0 Å². The average Bonchev–Trinajstić information content (AvgIpc) is 2.31. The van der Waals surface area contributed by atoms with Crippen LogP contribution in [0.5, 0.6) is 0 Å². The molecule has 1 aromatic rings. The minimum Gasteiger partial charge on any atom is -0.282 e. The van der Waals surface area contributed by atoms with Crippen LogP contribution in [0.4, 0.5) is 8.78 Å². The van der Waals surface area contributed by atoms with Gasteiger partial charge in [0.05, 0.1) is 5.92 Å². The van der Waals surface area contributed by atoms with Gasteiger partial charge in [0.15, 0.2) is 0 Å². The first kappa shape index (κ1) is 5.82. The standard InChI is InChI=1S/C6H6F2N2/c7-6(8)3-4(6)5-1-2-9-10-5/h1-2,4H,3H2,(H,9,10). The molecule has 1 saturated carbocycles. The average molecular weight is 144 g/mol. The maximum atomic E-state index is 12.3. The second kappa shape index (κ2) is 1.56. The molecule has 1 fully saturated rings. The number of hydrogen-bond acceptors (Lipinski definition) is 1. The number of alkyl halides is 2. The van der Waals surface area contributed by atoms with E-state index in [1.54, 1.807) is 6.07 Å². The first-order chi connectivity index (χ1) is 4.70. The Morgan fingerprint density at radius 2 is 2.40 bits per heavy atom. The zero-order chi connectivity index (χ0) is 7.19. The van der Waals surface area contributed by atoms with Crippen LogP contribution in [0.15, 0.2) is 12.3 Å². The Balaban J connectivity index is 2.19. The Morgan fingerprint density at radius 3 is 2.80 bits per heavy atom. The van der Waals surface area contributed by atoms with Gasteiger partial charge in [0.1, 0.15) is 0 Å². The van der Waals surface area contributed by atoms with Gasteiger partial charge in [0, 0.05) is 18.3 Å². The van der Waals surface area contributed by atoms with Crippen molar-refractivity contribution in [3.63, 3.8) is 0 Å². The quantitative estimate of drug-likeness (QED) is 0.636. The summed E-state index contributed by atoms with van der Waals surface area (Å²) in [7, 11) is 0. The largest absolute Gasteiger partial charge is 0.282 e. The van der Waals surface area contributed by atoms with Crippen LogP contribution in [0.1, 0.15) is 18.0 Å². The van der Waals surface area contributed by atoms with E-state index in [2.05, 4.69) is 10.2 Å². The Hall–Kier alpha value is -0.930. The molecule has 0 saturated heterocycles. The van der Waals surface area contributed by atoms with Gasteiger partial charge >= 0.3 is 0 Å². The van der Waals surface area contributed by atoms with Gasteiger partial charge in [-0.1, -0.05) is 0 Å². The molecule has 1 atom stereocenters. The van der Waals surface area contributed by atoms with Gasteiger partial charge in [-0.2, -0.15) is 5.10 Å². The number of hydrogen-bond donors (Lipinski definition) is 1. The molecule has 2 nitrogen and oxygen atoms in total. The fourth-order valence-corrected chi connectivity index (χ4v) is 1.01. The number of nitrogens with one attached hydrogen (secondary N) is 1. The molecule has 0 aliphatic heterocycles. The van der Waals surface area contributed by atoms with Crippen LogP contribution in [0.25, 0.3) is 0 Å². The van der Waals surface area contributed by atoms with Crippen molar-refractivity contribution >= 4 is 0 Å². The van der Waals surface area contributed by atoms with Crippen molar-refractivity contribution in [3.05, 3.63) is 18.0 Å². The predicted octanol–water partition coefficient (Wildman–Crippen LogP) is 1.53. The predicted molar refractivity (Wildman–Crippen MR) is 30.9 cm³/mol. The van der Waals surface area contributed by atoms with Gasteiger partial charge in [-0.25, -0.2) is 8.78 Å². The third-order valence-electron chi connectivity index (χ3n) is 1.72. The zero-order valence-corrected chi connectivity index (χ0v) is 5.14. The van der Waals surface area contributed by atoms with Gasteiger partial charge in [-0.3, -0.25) is 5.10 Å². The van der Waals surface area contributed by atoms with Crippen molar-refractivity contribution < 1.29 is 8.78 Å². The molecule has 1 aliphatic carbocycles. The Bertz CT molecular complexity index is 230. The lowest BCUT2D eigenvalue weighted by atomic mass is 10.3. The van der Waals surface area contributed by atoms with Gasteiger partial charge in [-0.05, 0) is 6.07 Å². The Labute approximate surface area is 56.2 Å². The molecule has 10 heavy (non-hydrogen) atoms. The SMILES string of the molecule is FC1(F)CC1c1ccn[nH]1. The second-order valence-electron chi connectivity index (χ2n) is 2.53. The van der Waals surface area contributed by atoms with Crippen molar-refractivity contribution in [2.45, 2.75) is 18.3 Å². The summed E-state index contributed by atoms with van der Waals surface area (Å²) in [5.74, 6) is -3.08. The lowest BCUT2D eigenvalue weighted by molar-refractivity contribution is 0.111. The summed E-state index contributed by atoms with van der Waals surface area (Å²) in [5, 5.41) is 6.12. The second-order valence-corrected chi connectivity index (χ2v) is 2.53. The summed E-state index contributed by atoms with van der Waals surface area (Å²) < 4.78 is 24.6. The van der Waals surface area contributed by atoms with E-state index in [4.69, 9.17) is 0 Å². The summed E-state index contributed by atoms with van der Waals surface area (Å²) in [6.45, 7) is 0. The molecule has 0 bridgehead atoms. The molecule has 1 aliphatic rings. The molecule has 0 radical (unpaired) electrons. The van der Waals surface area contributed by atoms with Crippen LogP contribution in [0, 0.1) is 0 Å². The normalized spacial score (nSPS) is 28.4. The van der Waals surface area contributed by atoms with Crippen LogP contribution in [-0.2, 0) is 0 Å². The molecule has 1 heterocycles. The van der Waals surface area contributed by atoms with Gasteiger partial charge < -0.3 is 0 Å². The zero-order valence-electron chi connectivity index (χ0n) is 5.14. The third-order valence-corrected chi connectivity index (χ3v) is 1.72. The number of halogens is 2. The molecule has 1 N–H and O–H groups in total. The molecule has 1 aromatic heterocycles. The van der Waals surface area contributed by atoms with Crippen molar-refractivity contribution in [2.24, 2.45) is 0 Å². The van der Waals surface area contributed by atoms with E-state index >= 15 is 0 Å². The molecule has 1 unspecified atom stereocenters. The molecule has 0 amide bonds. The van der Waals surface area contributed by atoms with E-state index in [0.29, 0.717) is 5.69 Å². The maximum absolute atomic E-state index is 12.3. The van der Waals surface area contributed by atoms with E-state index in [0.717, 1.165) is 0 Å². The van der Waals surface area contributed by atoms with Crippen molar-refractivity contribution in [1.82, 2.24) is 10.2 Å². The number of rotatable bonds is 1. The summed E-state index contributed by atoms with van der Waals surface area (Å²) in [6.07, 6.45) is 1.46. The molecule has 54 valence electrons. The summed E-state index contributed by atoms with van der Waals surface area (Å²) in [4.78, 5) is 0. The first-order valence-corrected chi connectivity index (χ1v) is 3.07. The fraction of sp³-hybridized carbons (Fsp3) is 0.500. The van der Waals surface area contributed by atoms with E-state index in [1.165, 1.54) is 6.20 Å². The molecule has 0 aromatic carbocycles. The number of H-pyrrole nitrogens is 1. The highest BCUT2D eigenvalue weighted by molar-refractivity contribution is 5.20. The van der Waals surface area contributed by atoms with Crippen LogP contribution >= 0.6 is 0 Å². The van der Waals surface area contributed by atoms with Crippen LogP contribution in [0.2, 0.25) is 0 Å². The van der Waals surface area contributed by atoms with E-state index in [-0.39, 0.29) is 6.42 Å². The van der Waals surface area contributed by atoms with Gasteiger partial charge in [-0.15, -0.1) is 0 Å². The van der Waals surface area contributed by atoms with E-state index in [9.17, 15) is 8.78 Å². The lowest BCUT2D eigenvalue weighted by Crippen LogP contribution is -1.92. The number of nitrogens with zero attached hydrogens (tertiary/aromatic N) is 1. The number of aromatic amines is 1. The fourth-order valence-electron chi connectivity index (χ4n) is 1.01. The summed E-state index contributed by atoms with van der Waals surface area (Å²) in [5.41, 5.74) is 0.546.